The van der Waals surface area contributed by atoms with E-state index in [1.54, 1.807) is 31.2 Å². The summed E-state index contributed by atoms with van der Waals surface area (Å²) < 4.78 is 44.0. The van der Waals surface area contributed by atoms with Crippen molar-refractivity contribution in [3.8, 4) is 28.5 Å². The molecular weight excluding hydrogens is 381 g/mol. The maximum Gasteiger partial charge on any atom is 0.232 e. The quantitative estimate of drug-likeness (QED) is 0.523. The summed E-state index contributed by atoms with van der Waals surface area (Å²) in [4.78, 5) is 0.199. The summed E-state index contributed by atoms with van der Waals surface area (Å²) in [5.74, 6) is -0.232. The van der Waals surface area contributed by atoms with Gasteiger partial charge in [0.15, 0.2) is 9.84 Å². The van der Waals surface area contributed by atoms with Gasteiger partial charge in [-0.1, -0.05) is 24.3 Å². The van der Waals surface area contributed by atoms with E-state index >= 15 is 0 Å². The van der Waals surface area contributed by atoms with Gasteiger partial charge in [0.25, 0.3) is 0 Å². The number of nitrogens with zero attached hydrogens (tertiary/aromatic N) is 3. The molecule has 6 nitrogen and oxygen atoms in total. The first-order valence-corrected chi connectivity index (χ1v) is 10.2. The number of fused-ring (bicyclic) bond motifs is 1. The molecule has 0 N–H and O–H groups in total. The second-order valence-corrected chi connectivity index (χ2v) is 8.39. The number of oxazole rings is 1. The van der Waals surface area contributed by atoms with Gasteiger partial charge in [0.2, 0.25) is 11.5 Å². The largest absolute Gasteiger partial charge is 0.425 e. The van der Waals surface area contributed by atoms with Crippen LogP contribution in [0.3, 0.4) is 0 Å². The Hall–Kier alpha value is -3.44. The molecule has 4 aromatic rings. The Bertz CT molecular complexity index is 1340. The zero-order chi connectivity index (χ0) is 20.1. The molecule has 28 heavy (non-hydrogen) atoms. The summed E-state index contributed by atoms with van der Waals surface area (Å²) in [6.45, 7) is 1.72. The minimum absolute atomic E-state index is 0.143. The van der Waals surface area contributed by atoms with Crippen molar-refractivity contribution in [1.29, 1.82) is 5.26 Å². The summed E-state index contributed by atoms with van der Waals surface area (Å²) >= 11 is 0. The van der Waals surface area contributed by atoms with Crippen LogP contribution in [-0.4, -0.2) is 24.3 Å². The number of benzene rings is 2. The molecule has 2 aromatic heterocycles. The average molecular weight is 395 g/mol. The van der Waals surface area contributed by atoms with Crippen LogP contribution < -0.4 is 0 Å². The van der Waals surface area contributed by atoms with E-state index in [1.807, 2.05) is 6.07 Å². The van der Waals surface area contributed by atoms with Crippen LogP contribution in [0.4, 0.5) is 4.39 Å². The topological polar surface area (TPSA) is 88.4 Å². The monoisotopic (exact) mass is 395 g/mol. The molecule has 0 aliphatic heterocycles. The van der Waals surface area contributed by atoms with E-state index < -0.39 is 9.84 Å². The van der Waals surface area contributed by atoms with Crippen molar-refractivity contribution in [2.45, 2.75) is 11.8 Å². The van der Waals surface area contributed by atoms with Gasteiger partial charge >= 0.3 is 0 Å². The Kier molecular flexibility index (Phi) is 4.05. The number of aryl methyl sites for hydroxylation is 1. The molecule has 8 heteroatoms. The first kappa shape index (κ1) is 17.9. The second-order valence-electron chi connectivity index (χ2n) is 6.37. The molecule has 140 valence electrons. The second kappa shape index (κ2) is 6.32. The summed E-state index contributed by atoms with van der Waals surface area (Å²) in [6, 6.07) is 14.2. The highest BCUT2D eigenvalue weighted by molar-refractivity contribution is 7.90. The van der Waals surface area contributed by atoms with E-state index in [1.165, 1.54) is 28.8 Å². The Labute approximate surface area is 160 Å². The molecule has 0 saturated heterocycles. The molecule has 0 unspecified atom stereocenters. The van der Waals surface area contributed by atoms with Crippen LogP contribution in [0.1, 0.15) is 11.5 Å². The molecular formula is C20H14FN3O3S. The summed E-state index contributed by atoms with van der Waals surface area (Å²) in [7, 11) is -3.32. The van der Waals surface area contributed by atoms with Gasteiger partial charge in [-0.15, -0.1) is 0 Å². The molecule has 0 radical (unpaired) electrons. The van der Waals surface area contributed by atoms with Gasteiger partial charge in [-0.05, 0) is 36.8 Å². The van der Waals surface area contributed by atoms with Gasteiger partial charge in [0, 0.05) is 11.8 Å². The maximum atomic E-state index is 13.4. The van der Waals surface area contributed by atoms with Crippen molar-refractivity contribution in [3.63, 3.8) is 0 Å². The van der Waals surface area contributed by atoms with Crippen LogP contribution in [0.15, 0.2) is 57.8 Å². The molecule has 4 rings (SSSR count). The van der Waals surface area contributed by atoms with Crippen molar-refractivity contribution in [2.75, 3.05) is 6.26 Å². The highest BCUT2D eigenvalue weighted by Gasteiger charge is 2.23. The highest BCUT2D eigenvalue weighted by atomic mass is 32.2. The minimum Gasteiger partial charge on any atom is -0.425 e. The van der Waals surface area contributed by atoms with Crippen LogP contribution in [0, 0.1) is 24.1 Å². The van der Waals surface area contributed by atoms with Gasteiger partial charge in [-0.2, -0.15) is 14.9 Å². The molecule has 0 bridgehead atoms. The third-order valence-corrected chi connectivity index (χ3v) is 5.61. The van der Waals surface area contributed by atoms with Gasteiger partial charge in [0.05, 0.1) is 16.2 Å². The molecule has 0 aliphatic rings. The number of rotatable bonds is 3. The summed E-state index contributed by atoms with van der Waals surface area (Å²) in [6.07, 6.45) is 1.14. The Morgan fingerprint density at radius 1 is 1.07 bits per heavy atom. The highest BCUT2D eigenvalue weighted by Crippen LogP contribution is 2.37. The molecule has 0 aliphatic carbocycles. The van der Waals surface area contributed by atoms with E-state index in [0.29, 0.717) is 33.8 Å². The van der Waals surface area contributed by atoms with E-state index in [0.717, 1.165) is 6.26 Å². The number of halogens is 1. The molecule has 0 atom stereocenters. The Morgan fingerprint density at radius 3 is 2.25 bits per heavy atom. The lowest BCUT2D eigenvalue weighted by Crippen LogP contribution is -1.96. The average Bonchev–Trinajstić information content (AvgIpc) is 3.18. The standard InChI is InChI=1S/C20H14FN3O3S/c1-12-17(11-22)27-20-18(13-3-7-15(21)8-4-13)19(23-24(12)20)14-5-9-16(10-6-14)28(2,25)26/h3-10H,1-2H3. The SMILES string of the molecule is Cc1c(C#N)oc2c(-c3ccc(F)cc3)c(-c3ccc(S(C)(=O)=O)cc3)nn12. The molecule has 0 saturated carbocycles. The third-order valence-electron chi connectivity index (χ3n) is 4.48. The number of nitriles is 1. The number of hydrogen-bond acceptors (Lipinski definition) is 5. The number of sulfone groups is 1. The van der Waals surface area contributed by atoms with Crippen molar-refractivity contribution >= 4 is 15.6 Å². The smallest absolute Gasteiger partial charge is 0.232 e. The van der Waals surface area contributed by atoms with E-state index in [2.05, 4.69) is 5.10 Å². The zero-order valence-electron chi connectivity index (χ0n) is 15.0. The zero-order valence-corrected chi connectivity index (χ0v) is 15.8. The number of hydrogen-bond donors (Lipinski definition) is 0. The van der Waals surface area contributed by atoms with Crippen LogP contribution in [-0.2, 0) is 9.84 Å². The Morgan fingerprint density at radius 2 is 1.68 bits per heavy atom. The van der Waals surface area contributed by atoms with Crippen molar-refractivity contribution in [1.82, 2.24) is 9.61 Å². The van der Waals surface area contributed by atoms with Crippen molar-refractivity contribution < 1.29 is 17.2 Å². The van der Waals surface area contributed by atoms with Crippen LogP contribution in [0.5, 0.6) is 0 Å². The third kappa shape index (κ3) is 2.86. The van der Waals surface area contributed by atoms with E-state index in [4.69, 9.17) is 4.42 Å². The molecule has 2 aromatic carbocycles. The van der Waals surface area contributed by atoms with Crippen LogP contribution in [0.25, 0.3) is 28.1 Å². The van der Waals surface area contributed by atoms with Crippen LogP contribution in [0.2, 0.25) is 0 Å². The molecule has 2 heterocycles. The fourth-order valence-electron chi connectivity index (χ4n) is 3.03. The lowest BCUT2D eigenvalue weighted by Gasteiger charge is -2.04. The fraction of sp³-hybridized carbons (Fsp3) is 0.100. The minimum atomic E-state index is -3.32. The van der Waals surface area contributed by atoms with E-state index in [-0.39, 0.29) is 16.5 Å². The van der Waals surface area contributed by atoms with Gasteiger partial charge < -0.3 is 4.42 Å². The lowest BCUT2D eigenvalue weighted by molar-refractivity contribution is 0.591. The van der Waals surface area contributed by atoms with Crippen molar-refractivity contribution in [2.24, 2.45) is 0 Å². The first-order chi connectivity index (χ1) is 13.3. The summed E-state index contributed by atoms with van der Waals surface area (Å²) in [5, 5.41) is 13.8. The van der Waals surface area contributed by atoms with Crippen molar-refractivity contribution in [3.05, 3.63) is 65.8 Å². The van der Waals surface area contributed by atoms with Crippen LogP contribution >= 0.6 is 0 Å². The first-order valence-electron chi connectivity index (χ1n) is 8.28. The van der Waals surface area contributed by atoms with Gasteiger partial charge in [0.1, 0.15) is 17.6 Å². The Balaban J connectivity index is 1.99. The predicted molar refractivity (Wildman–Crippen MR) is 101 cm³/mol. The molecule has 0 spiro atoms. The molecule has 0 amide bonds. The fourth-order valence-corrected chi connectivity index (χ4v) is 3.66. The normalized spacial score (nSPS) is 11.6. The lowest BCUT2D eigenvalue weighted by atomic mass is 10.0. The van der Waals surface area contributed by atoms with Gasteiger partial charge in [-0.25, -0.2) is 12.8 Å². The summed E-state index contributed by atoms with van der Waals surface area (Å²) in [5.41, 5.74) is 3.37. The van der Waals surface area contributed by atoms with Gasteiger partial charge in [-0.3, -0.25) is 0 Å². The predicted octanol–water partition coefficient (Wildman–Crippen LogP) is 3.98. The maximum absolute atomic E-state index is 13.4. The van der Waals surface area contributed by atoms with E-state index in [9.17, 15) is 18.1 Å². The number of aromatic nitrogens is 2. The molecule has 0 fully saturated rings.